The van der Waals surface area contributed by atoms with E-state index in [1.54, 1.807) is 0 Å². The van der Waals surface area contributed by atoms with E-state index in [9.17, 15) is 9.90 Å². The molecule has 1 unspecified atom stereocenters. The number of aliphatic hydroxyl groups excluding tert-OH is 1. The number of esters is 1. The van der Waals surface area contributed by atoms with Crippen molar-refractivity contribution in [2.45, 2.75) is 45.6 Å². The third-order valence-electron chi connectivity index (χ3n) is 4.08. The molecule has 1 aliphatic rings. The number of ether oxygens (including phenoxy) is 1. The molecule has 1 aliphatic carbocycles. The molecule has 1 rings (SSSR count). The van der Waals surface area contributed by atoms with Crippen LogP contribution in [0.15, 0.2) is 0 Å². The van der Waals surface area contributed by atoms with Crippen molar-refractivity contribution in [3.63, 3.8) is 0 Å². The summed E-state index contributed by atoms with van der Waals surface area (Å²) < 4.78 is 4.82. The van der Waals surface area contributed by atoms with Gasteiger partial charge in [0.25, 0.3) is 0 Å². The van der Waals surface area contributed by atoms with Crippen molar-refractivity contribution in [2.24, 2.45) is 11.3 Å². The number of nitrogens with one attached hydrogen (secondary N) is 1. The molecular formula is C13H25NO3. The van der Waals surface area contributed by atoms with E-state index in [1.807, 2.05) is 0 Å². The number of methoxy groups -OCH3 is 1. The fourth-order valence-corrected chi connectivity index (χ4v) is 2.10. The van der Waals surface area contributed by atoms with Gasteiger partial charge in [-0.15, -0.1) is 0 Å². The van der Waals surface area contributed by atoms with Gasteiger partial charge in [0.05, 0.1) is 7.11 Å². The van der Waals surface area contributed by atoms with E-state index in [0.717, 1.165) is 25.7 Å². The average molecular weight is 243 g/mol. The lowest BCUT2D eigenvalue weighted by atomic mass is 9.83. The van der Waals surface area contributed by atoms with Gasteiger partial charge in [0.15, 0.2) is 0 Å². The van der Waals surface area contributed by atoms with E-state index in [0.29, 0.717) is 12.5 Å². The lowest BCUT2D eigenvalue weighted by Crippen LogP contribution is -2.46. The van der Waals surface area contributed by atoms with Crippen molar-refractivity contribution in [1.82, 2.24) is 5.32 Å². The highest BCUT2D eigenvalue weighted by Crippen LogP contribution is 2.34. The van der Waals surface area contributed by atoms with Crippen LogP contribution in [0.2, 0.25) is 0 Å². The first-order chi connectivity index (χ1) is 8.12. The third kappa shape index (κ3) is 3.68. The van der Waals surface area contributed by atoms with Gasteiger partial charge in [-0.3, -0.25) is 4.79 Å². The Kier molecular flexibility index (Phi) is 5.40. The first-order valence-electron chi connectivity index (χ1n) is 6.54. The minimum atomic E-state index is -0.191. The van der Waals surface area contributed by atoms with Gasteiger partial charge in [0, 0.05) is 18.6 Å². The molecule has 0 aromatic carbocycles. The van der Waals surface area contributed by atoms with Crippen molar-refractivity contribution >= 4 is 5.97 Å². The monoisotopic (exact) mass is 243 g/mol. The second-order valence-electron chi connectivity index (χ2n) is 5.08. The largest absolute Gasteiger partial charge is 0.468 e. The van der Waals surface area contributed by atoms with Crippen LogP contribution < -0.4 is 5.32 Å². The fraction of sp³-hybridized carbons (Fsp3) is 0.923. The van der Waals surface area contributed by atoms with E-state index >= 15 is 0 Å². The predicted molar refractivity (Wildman–Crippen MR) is 66.6 cm³/mol. The Morgan fingerprint density at radius 1 is 1.47 bits per heavy atom. The van der Waals surface area contributed by atoms with Gasteiger partial charge < -0.3 is 15.2 Å². The Bertz CT molecular complexity index is 239. The molecule has 100 valence electrons. The summed E-state index contributed by atoms with van der Waals surface area (Å²) in [6.45, 7) is 4.98. The van der Waals surface area contributed by atoms with E-state index in [-0.39, 0.29) is 24.0 Å². The highest BCUT2D eigenvalue weighted by Gasteiger charge is 2.38. The van der Waals surface area contributed by atoms with Crippen molar-refractivity contribution in [1.29, 1.82) is 0 Å². The number of hydrogen-bond acceptors (Lipinski definition) is 4. The lowest BCUT2D eigenvalue weighted by Gasteiger charge is -2.31. The SMILES string of the molecule is CCC(CC)(CO)CNC(C(=O)OC)C1CC1. The van der Waals surface area contributed by atoms with Gasteiger partial charge in [-0.1, -0.05) is 13.8 Å². The fourth-order valence-electron chi connectivity index (χ4n) is 2.10. The van der Waals surface area contributed by atoms with Crippen LogP contribution in [0.1, 0.15) is 39.5 Å². The summed E-state index contributed by atoms with van der Waals surface area (Å²) in [5, 5.41) is 12.8. The zero-order chi connectivity index (χ0) is 12.9. The Balaban J connectivity index is 2.53. The highest BCUT2D eigenvalue weighted by atomic mass is 16.5. The Labute approximate surface area is 104 Å². The molecule has 0 aromatic rings. The summed E-state index contributed by atoms with van der Waals surface area (Å²) >= 11 is 0. The van der Waals surface area contributed by atoms with Gasteiger partial charge in [0.1, 0.15) is 6.04 Å². The molecular weight excluding hydrogens is 218 g/mol. The zero-order valence-electron chi connectivity index (χ0n) is 11.2. The van der Waals surface area contributed by atoms with Crippen LogP contribution in [0.3, 0.4) is 0 Å². The molecule has 1 saturated carbocycles. The molecule has 0 radical (unpaired) electrons. The summed E-state index contributed by atoms with van der Waals surface area (Å²) in [5.74, 6) is 0.249. The average Bonchev–Trinajstić information content (AvgIpc) is 3.19. The zero-order valence-corrected chi connectivity index (χ0v) is 11.2. The molecule has 0 heterocycles. The van der Waals surface area contributed by atoms with Crippen molar-refractivity contribution in [2.75, 3.05) is 20.3 Å². The number of hydrogen-bond donors (Lipinski definition) is 2. The minimum Gasteiger partial charge on any atom is -0.468 e. The molecule has 4 nitrogen and oxygen atoms in total. The van der Waals surface area contributed by atoms with Crippen molar-refractivity contribution < 1.29 is 14.6 Å². The van der Waals surface area contributed by atoms with E-state index < -0.39 is 0 Å². The summed E-state index contributed by atoms with van der Waals surface area (Å²) in [5.41, 5.74) is -0.110. The second-order valence-corrected chi connectivity index (χ2v) is 5.08. The Morgan fingerprint density at radius 3 is 2.41 bits per heavy atom. The van der Waals surface area contributed by atoms with Crippen LogP contribution >= 0.6 is 0 Å². The second kappa shape index (κ2) is 6.36. The Morgan fingerprint density at radius 2 is 2.06 bits per heavy atom. The number of carbonyl (C=O) groups excluding carboxylic acids is 1. The number of aliphatic hydroxyl groups is 1. The van der Waals surface area contributed by atoms with Crippen LogP contribution in [0.25, 0.3) is 0 Å². The van der Waals surface area contributed by atoms with Crippen LogP contribution in [-0.4, -0.2) is 37.4 Å². The molecule has 1 atom stereocenters. The number of rotatable bonds is 8. The van der Waals surface area contributed by atoms with E-state index in [1.165, 1.54) is 7.11 Å². The van der Waals surface area contributed by atoms with Gasteiger partial charge in [0.2, 0.25) is 0 Å². The Hall–Kier alpha value is -0.610. The van der Waals surface area contributed by atoms with Crippen LogP contribution in [-0.2, 0) is 9.53 Å². The topological polar surface area (TPSA) is 58.6 Å². The normalized spacial score (nSPS) is 17.9. The molecule has 0 aliphatic heterocycles. The molecule has 2 N–H and O–H groups in total. The van der Waals surface area contributed by atoms with Gasteiger partial charge in [-0.05, 0) is 31.6 Å². The molecule has 0 saturated heterocycles. The quantitative estimate of drug-likeness (QED) is 0.631. The van der Waals surface area contributed by atoms with Gasteiger partial charge in [-0.2, -0.15) is 0 Å². The van der Waals surface area contributed by atoms with Gasteiger partial charge >= 0.3 is 5.97 Å². The summed E-state index contributed by atoms with van der Waals surface area (Å²) in [6, 6.07) is -0.191. The molecule has 0 amide bonds. The standard InChI is InChI=1S/C13H25NO3/c1-4-13(5-2,9-15)8-14-11(10-6-7-10)12(16)17-3/h10-11,14-15H,4-9H2,1-3H3. The third-order valence-corrected chi connectivity index (χ3v) is 4.08. The maximum absolute atomic E-state index is 11.6. The van der Waals surface area contributed by atoms with E-state index in [4.69, 9.17) is 4.74 Å². The van der Waals surface area contributed by atoms with Crippen molar-refractivity contribution in [3.05, 3.63) is 0 Å². The predicted octanol–water partition coefficient (Wildman–Crippen LogP) is 1.33. The van der Waals surface area contributed by atoms with Crippen LogP contribution in [0, 0.1) is 11.3 Å². The summed E-state index contributed by atoms with van der Waals surface area (Å²) in [7, 11) is 1.43. The maximum Gasteiger partial charge on any atom is 0.323 e. The molecule has 0 bridgehead atoms. The first kappa shape index (κ1) is 14.5. The maximum atomic E-state index is 11.6. The summed E-state index contributed by atoms with van der Waals surface area (Å²) in [6.07, 6.45) is 4.01. The molecule has 0 aromatic heterocycles. The van der Waals surface area contributed by atoms with Crippen LogP contribution in [0.4, 0.5) is 0 Å². The van der Waals surface area contributed by atoms with Gasteiger partial charge in [-0.25, -0.2) is 0 Å². The van der Waals surface area contributed by atoms with Crippen molar-refractivity contribution in [3.8, 4) is 0 Å². The molecule has 17 heavy (non-hydrogen) atoms. The number of carbonyl (C=O) groups is 1. The highest BCUT2D eigenvalue weighted by molar-refractivity contribution is 5.76. The minimum absolute atomic E-state index is 0.110. The first-order valence-corrected chi connectivity index (χ1v) is 6.54. The molecule has 1 fully saturated rings. The smallest absolute Gasteiger partial charge is 0.323 e. The lowest BCUT2D eigenvalue weighted by molar-refractivity contribution is -0.144. The summed E-state index contributed by atoms with van der Waals surface area (Å²) in [4.78, 5) is 11.6. The molecule has 0 spiro atoms. The molecule has 4 heteroatoms. The van der Waals surface area contributed by atoms with Crippen LogP contribution in [0.5, 0.6) is 0 Å². The van der Waals surface area contributed by atoms with E-state index in [2.05, 4.69) is 19.2 Å².